The van der Waals surface area contributed by atoms with Crippen molar-refractivity contribution in [1.82, 2.24) is 0 Å². The highest BCUT2D eigenvalue weighted by atomic mass is 32.2. The molecule has 2 rings (SSSR count). The van der Waals surface area contributed by atoms with Crippen LogP contribution in [0.25, 0.3) is 0 Å². The second-order valence-electron chi connectivity index (χ2n) is 4.55. The maximum Gasteiger partial charge on any atom is 0.248 e. The van der Waals surface area contributed by atoms with Gasteiger partial charge < -0.3 is 11.1 Å². The molecule has 0 saturated heterocycles. The van der Waals surface area contributed by atoms with Crippen LogP contribution in [0.15, 0.2) is 53.4 Å². The zero-order valence-corrected chi connectivity index (χ0v) is 12.4. The molecule has 0 spiro atoms. The summed E-state index contributed by atoms with van der Waals surface area (Å²) in [6, 6.07) is 14.5. The number of carbonyl (C=O) groups is 2. The van der Waals surface area contributed by atoms with Crippen LogP contribution >= 0.6 is 11.8 Å². The third-order valence-corrected chi connectivity index (χ3v) is 4.06. The molecule has 0 saturated carbocycles. The van der Waals surface area contributed by atoms with Gasteiger partial charge in [-0.3, -0.25) is 9.59 Å². The normalized spacial score (nSPS) is 10.1. The number of primary amides is 1. The fourth-order valence-corrected chi connectivity index (χ4v) is 2.64. The summed E-state index contributed by atoms with van der Waals surface area (Å²) in [6.07, 6.45) is 0. The number of benzene rings is 2. The van der Waals surface area contributed by atoms with E-state index >= 15 is 0 Å². The SMILES string of the molecule is Cc1ccccc1SCC(=O)Nc1cccc(C(N)=O)c1. The predicted molar refractivity (Wildman–Crippen MR) is 85.5 cm³/mol. The molecule has 2 aromatic carbocycles. The molecular formula is C16H16N2O2S. The lowest BCUT2D eigenvalue weighted by Crippen LogP contribution is -2.15. The van der Waals surface area contributed by atoms with Crippen LogP contribution < -0.4 is 11.1 Å². The Kier molecular flexibility index (Phi) is 5.00. The summed E-state index contributed by atoms with van der Waals surface area (Å²) >= 11 is 1.48. The van der Waals surface area contributed by atoms with E-state index in [-0.39, 0.29) is 5.91 Å². The Labute approximate surface area is 127 Å². The van der Waals surface area contributed by atoms with Gasteiger partial charge in [0.1, 0.15) is 0 Å². The van der Waals surface area contributed by atoms with Crippen LogP contribution in [0, 0.1) is 6.92 Å². The maximum atomic E-state index is 11.9. The van der Waals surface area contributed by atoms with E-state index < -0.39 is 5.91 Å². The molecule has 3 N–H and O–H groups in total. The van der Waals surface area contributed by atoms with Crippen LogP contribution in [0.1, 0.15) is 15.9 Å². The number of nitrogens with one attached hydrogen (secondary N) is 1. The molecule has 0 aliphatic heterocycles. The van der Waals surface area contributed by atoms with Gasteiger partial charge in [-0.15, -0.1) is 11.8 Å². The highest BCUT2D eigenvalue weighted by molar-refractivity contribution is 8.00. The van der Waals surface area contributed by atoms with E-state index in [1.165, 1.54) is 11.8 Å². The van der Waals surface area contributed by atoms with E-state index in [1.54, 1.807) is 24.3 Å². The maximum absolute atomic E-state index is 11.9. The molecule has 0 aliphatic rings. The molecule has 0 aromatic heterocycles. The predicted octanol–water partition coefficient (Wildman–Crippen LogP) is 2.82. The van der Waals surface area contributed by atoms with Gasteiger partial charge in [-0.1, -0.05) is 24.3 Å². The summed E-state index contributed by atoms with van der Waals surface area (Å²) in [5.74, 6) is -0.323. The Bertz CT molecular complexity index is 671. The highest BCUT2D eigenvalue weighted by Gasteiger charge is 2.07. The van der Waals surface area contributed by atoms with E-state index in [1.807, 2.05) is 31.2 Å². The zero-order chi connectivity index (χ0) is 15.2. The van der Waals surface area contributed by atoms with Crippen LogP contribution in [-0.4, -0.2) is 17.6 Å². The third kappa shape index (κ3) is 4.36. The molecule has 21 heavy (non-hydrogen) atoms. The highest BCUT2D eigenvalue weighted by Crippen LogP contribution is 2.22. The number of amides is 2. The van der Waals surface area contributed by atoms with Crippen molar-refractivity contribution < 1.29 is 9.59 Å². The lowest BCUT2D eigenvalue weighted by Gasteiger charge is -2.07. The summed E-state index contributed by atoms with van der Waals surface area (Å²) < 4.78 is 0. The summed E-state index contributed by atoms with van der Waals surface area (Å²) in [5, 5.41) is 2.76. The summed E-state index contributed by atoms with van der Waals surface area (Å²) in [6.45, 7) is 2.01. The quantitative estimate of drug-likeness (QED) is 0.834. The van der Waals surface area contributed by atoms with Crippen molar-refractivity contribution in [3.8, 4) is 0 Å². The number of anilines is 1. The minimum Gasteiger partial charge on any atom is -0.366 e. The van der Waals surface area contributed by atoms with Crippen LogP contribution in [-0.2, 0) is 4.79 Å². The van der Waals surface area contributed by atoms with E-state index in [0.717, 1.165) is 10.5 Å². The molecule has 108 valence electrons. The topological polar surface area (TPSA) is 72.2 Å². The summed E-state index contributed by atoms with van der Waals surface area (Å²) in [7, 11) is 0. The Hall–Kier alpha value is -2.27. The molecule has 4 nitrogen and oxygen atoms in total. The van der Waals surface area contributed by atoms with Crippen molar-refractivity contribution >= 4 is 29.3 Å². The first-order valence-electron chi connectivity index (χ1n) is 6.44. The Balaban J connectivity index is 1.95. The molecule has 5 heteroatoms. The summed E-state index contributed by atoms with van der Waals surface area (Å²) in [5.41, 5.74) is 7.30. The number of aryl methyl sites for hydroxylation is 1. The van der Waals surface area contributed by atoms with Crippen LogP contribution in [0.5, 0.6) is 0 Å². The number of hydrogen-bond acceptors (Lipinski definition) is 3. The lowest BCUT2D eigenvalue weighted by atomic mass is 10.2. The van der Waals surface area contributed by atoms with Crippen LogP contribution in [0.3, 0.4) is 0 Å². The van der Waals surface area contributed by atoms with Crippen molar-refractivity contribution in [2.24, 2.45) is 5.73 Å². The first kappa shape index (κ1) is 15.1. The fraction of sp³-hybridized carbons (Fsp3) is 0.125. The van der Waals surface area contributed by atoms with E-state index in [4.69, 9.17) is 5.73 Å². The van der Waals surface area contributed by atoms with E-state index in [9.17, 15) is 9.59 Å². The van der Waals surface area contributed by atoms with E-state index in [0.29, 0.717) is 17.0 Å². The molecule has 0 fully saturated rings. The van der Waals surface area contributed by atoms with Crippen molar-refractivity contribution in [1.29, 1.82) is 0 Å². The van der Waals surface area contributed by atoms with Gasteiger partial charge in [-0.25, -0.2) is 0 Å². The van der Waals surface area contributed by atoms with Gasteiger partial charge >= 0.3 is 0 Å². The number of thioether (sulfide) groups is 1. The van der Waals surface area contributed by atoms with Gasteiger partial charge in [-0.05, 0) is 36.8 Å². The molecule has 0 heterocycles. The minimum atomic E-state index is -0.514. The molecule has 0 unspecified atom stereocenters. The standard InChI is InChI=1S/C16H16N2O2S/c1-11-5-2-3-8-14(11)21-10-15(19)18-13-7-4-6-12(9-13)16(17)20/h2-9H,10H2,1H3,(H2,17,20)(H,18,19). The molecule has 0 radical (unpaired) electrons. The Morgan fingerprint density at radius 2 is 1.90 bits per heavy atom. The van der Waals surface area contributed by atoms with Gasteiger partial charge in [0, 0.05) is 16.1 Å². The number of nitrogens with two attached hydrogens (primary N) is 1. The van der Waals surface area contributed by atoms with Crippen LogP contribution in [0.4, 0.5) is 5.69 Å². The van der Waals surface area contributed by atoms with Crippen molar-refractivity contribution in [2.45, 2.75) is 11.8 Å². The van der Waals surface area contributed by atoms with Crippen molar-refractivity contribution in [2.75, 3.05) is 11.1 Å². The second kappa shape index (κ2) is 6.95. The van der Waals surface area contributed by atoms with Gasteiger partial charge in [0.05, 0.1) is 5.75 Å². The lowest BCUT2D eigenvalue weighted by molar-refractivity contribution is -0.113. The Morgan fingerprint density at radius 3 is 2.62 bits per heavy atom. The van der Waals surface area contributed by atoms with Gasteiger partial charge in [-0.2, -0.15) is 0 Å². The van der Waals surface area contributed by atoms with Gasteiger partial charge in [0.15, 0.2) is 0 Å². The second-order valence-corrected chi connectivity index (χ2v) is 5.56. The van der Waals surface area contributed by atoms with Crippen molar-refractivity contribution in [3.05, 3.63) is 59.7 Å². The first-order chi connectivity index (χ1) is 10.1. The van der Waals surface area contributed by atoms with Crippen LogP contribution in [0.2, 0.25) is 0 Å². The monoisotopic (exact) mass is 300 g/mol. The zero-order valence-electron chi connectivity index (χ0n) is 11.6. The molecule has 0 bridgehead atoms. The van der Waals surface area contributed by atoms with Gasteiger partial charge in [0.25, 0.3) is 0 Å². The molecule has 0 aliphatic carbocycles. The van der Waals surface area contributed by atoms with Crippen molar-refractivity contribution in [3.63, 3.8) is 0 Å². The average molecular weight is 300 g/mol. The molecule has 2 amide bonds. The molecule has 2 aromatic rings. The third-order valence-electron chi connectivity index (χ3n) is 2.88. The fourth-order valence-electron chi connectivity index (χ4n) is 1.81. The minimum absolute atomic E-state index is 0.120. The average Bonchev–Trinajstić information content (AvgIpc) is 2.46. The smallest absolute Gasteiger partial charge is 0.248 e. The largest absolute Gasteiger partial charge is 0.366 e. The number of carbonyl (C=O) groups excluding carboxylic acids is 2. The van der Waals surface area contributed by atoms with E-state index in [2.05, 4.69) is 5.32 Å². The molecular weight excluding hydrogens is 284 g/mol. The van der Waals surface area contributed by atoms with Gasteiger partial charge in [0.2, 0.25) is 11.8 Å². The first-order valence-corrected chi connectivity index (χ1v) is 7.43. The number of rotatable bonds is 5. The Morgan fingerprint density at radius 1 is 1.14 bits per heavy atom. The summed E-state index contributed by atoms with van der Waals surface area (Å²) in [4.78, 5) is 24.1. The number of hydrogen-bond donors (Lipinski definition) is 2. The molecule has 0 atom stereocenters.